The highest BCUT2D eigenvalue weighted by atomic mass is 35.5. The number of esters is 1. The van der Waals surface area contributed by atoms with E-state index in [1.807, 2.05) is 6.07 Å². The lowest BCUT2D eigenvalue weighted by molar-refractivity contribution is -0.139. The molecule has 1 aromatic heterocycles. The number of nitrogens with one attached hydrogen (secondary N) is 2. The van der Waals surface area contributed by atoms with Crippen molar-refractivity contribution in [3.8, 4) is 0 Å². The molecule has 0 spiro atoms. The topological polar surface area (TPSA) is 114 Å². The first kappa shape index (κ1) is 21.5. The van der Waals surface area contributed by atoms with Gasteiger partial charge in [-0.15, -0.1) is 10.2 Å². The second-order valence-electron chi connectivity index (χ2n) is 6.80. The zero-order chi connectivity index (χ0) is 21.5. The van der Waals surface area contributed by atoms with E-state index in [0.29, 0.717) is 42.3 Å². The average Bonchev–Trinajstić information content (AvgIpc) is 2.78. The zero-order valence-corrected chi connectivity index (χ0v) is 17.2. The maximum Gasteiger partial charge on any atom is 0.325 e. The molecule has 1 fully saturated rings. The molecular weight excluding hydrogens is 410 g/mol. The summed E-state index contributed by atoms with van der Waals surface area (Å²) in [6.07, 6.45) is 1.40. The van der Waals surface area contributed by atoms with Gasteiger partial charge in [0, 0.05) is 30.3 Å². The quantitative estimate of drug-likeness (QED) is 0.671. The summed E-state index contributed by atoms with van der Waals surface area (Å²) in [6, 6.07) is 10.0. The van der Waals surface area contributed by atoms with Crippen LogP contribution in [0.2, 0.25) is 5.15 Å². The summed E-state index contributed by atoms with van der Waals surface area (Å²) >= 11 is 5.77. The molecule has 30 heavy (non-hydrogen) atoms. The SMILES string of the molecule is COC(=O)CNC(=O)c1ccc(NC(=O)C2CCN(c3ccc(Cl)nn3)CC2)cc1. The number of methoxy groups -OCH3 is 1. The van der Waals surface area contributed by atoms with E-state index in [-0.39, 0.29) is 18.4 Å². The normalized spacial score (nSPS) is 14.1. The van der Waals surface area contributed by atoms with Crippen LogP contribution in [0.5, 0.6) is 0 Å². The number of hydrogen-bond acceptors (Lipinski definition) is 7. The summed E-state index contributed by atoms with van der Waals surface area (Å²) in [6.45, 7) is 1.20. The third kappa shape index (κ3) is 5.66. The van der Waals surface area contributed by atoms with Gasteiger partial charge in [0.15, 0.2) is 11.0 Å². The summed E-state index contributed by atoms with van der Waals surface area (Å²) in [7, 11) is 1.25. The molecule has 1 aliphatic rings. The maximum atomic E-state index is 12.6. The van der Waals surface area contributed by atoms with E-state index < -0.39 is 11.9 Å². The molecule has 0 bridgehead atoms. The van der Waals surface area contributed by atoms with E-state index in [0.717, 1.165) is 5.82 Å². The van der Waals surface area contributed by atoms with Crippen molar-refractivity contribution in [1.82, 2.24) is 15.5 Å². The van der Waals surface area contributed by atoms with E-state index in [1.54, 1.807) is 30.3 Å². The van der Waals surface area contributed by atoms with Crippen LogP contribution in [0.25, 0.3) is 0 Å². The Morgan fingerprint density at radius 1 is 1.10 bits per heavy atom. The van der Waals surface area contributed by atoms with Crippen LogP contribution >= 0.6 is 11.6 Å². The maximum absolute atomic E-state index is 12.6. The van der Waals surface area contributed by atoms with Crippen LogP contribution in [-0.4, -0.2) is 54.7 Å². The molecule has 1 aliphatic heterocycles. The van der Waals surface area contributed by atoms with Crippen LogP contribution in [0.3, 0.4) is 0 Å². The molecule has 1 aromatic carbocycles. The Labute approximate surface area is 178 Å². The van der Waals surface area contributed by atoms with E-state index in [1.165, 1.54) is 7.11 Å². The monoisotopic (exact) mass is 431 g/mol. The average molecular weight is 432 g/mol. The molecule has 0 saturated carbocycles. The van der Waals surface area contributed by atoms with Crippen molar-refractivity contribution in [3.63, 3.8) is 0 Å². The van der Waals surface area contributed by atoms with Crippen molar-refractivity contribution in [2.75, 3.05) is 37.0 Å². The van der Waals surface area contributed by atoms with Gasteiger partial charge in [-0.3, -0.25) is 14.4 Å². The molecule has 3 rings (SSSR count). The summed E-state index contributed by atoms with van der Waals surface area (Å²) in [4.78, 5) is 37.7. The van der Waals surface area contributed by atoms with Gasteiger partial charge < -0.3 is 20.3 Å². The number of benzene rings is 1. The lowest BCUT2D eigenvalue weighted by atomic mass is 9.95. The van der Waals surface area contributed by atoms with Crippen LogP contribution in [0.4, 0.5) is 11.5 Å². The third-order valence-corrected chi connectivity index (χ3v) is 5.04. The second kappa shape index (κ2) is 10.0. The molecular formula is C20H22ClN5O4. The predicted octanol–water partition coefficient (Wildman–Crippen LogP) is 1.89. The summed E-state index contributed by atoms with van der Waals surface area (Å²) < 4.78 is 4.48. The number of aromatic nitrogens is 2. The Hall–Kier alpha value is -3.20. The molecule has 0 radical (unpaired) electrons. The largest absolute Gasteiger partial charge is 0.468 e. The highest BCUT2D eigenvalue weighted by Crippen LogP contribution is 2.23. The number of rotatable bonds is 6. The number of anilines is 2. The Balaban J connectivity index is 1.48. The van der Waals surface area contributed by atoms with Gasteiger partial charge in [-0.25, -0.2) is 0 Å². The number of carbonyl (C=O) groups is 3. The highest BCUT2D eigenvalue weighted by Gasteiger charge is 2.26. The minimum Gasteiger partial charge on any atom is -0.468 e. The number of amides is 2. The van der Waals surface area contributed by atoms with Crippen molar-refractivity contribution in [3.05, 3.63) is 47.1 Å². The second-order valence-corrected chi connectivity index (χ2v) is 7.19. The fraction of sp³-hybridized carbons (Fsp3) is 0.350. The number of piperidine rings is 1. The van der Waals surface area contributed by atoms with Gasteiger partial charge in [-0.05, 0) is 49.2 Å². The fourth-order valence-corrected chi connectivity index (χ4v) is 3.23. The summed E-state index contributed by atoms with van der Waals surface area (Å²) in [5.41, 5.74) is 0.991. The highest BCUT2D eigenvalue weighted by molar-refractivity contribution is 6.29. The van der Waals surface area contributed by atoms with Gasteiger partial charge >= 0.3 is 5.97 Å². The van der Waals surface area contributed by atoms with Crippen LogP contribution in [-0.2, 0) is 14.3 Å². The molecule has 0 aliphatic carbocycles. The predicted molar refractivity (Wildman–Crippen MR) is 111 cm³/mol. The van der Waals surface area contributed by atoms with Crippen molar-refractivity contribution < 1.29 is 19.1 Å². The van der Waals surface area contributed by atoms with Gasteiger partial charge in [-0.2, -0.15) is 0 Å². The minimum absolute atomic E-state index is 0.0558. The van der Waals surface area contributed by atoms with E-state index >= 15 is 0 Å². The Morgan fingerprint density at radius 2 is 1.80 bits per heavy atom. The number of hydrogen-bond donors (Lipinski definition) is 2. The van der Waals surface area contributed by atoms with Crippen LogP contribution < -0.4 is 15.5 Å². The first-order chi connectivity index (χ1) is 14.5. The van der Waals surface area contributed by atoms with E-state index in [4.69, 9.17) is 11.6 Å². The molecule has 2 aromatic rings. The number of nitrogens with zero attached hydrogens (tertiary/aromatic N) is 3. The van der Waals surface area contributed by atoms with Gasteiger partial charge in [0.2, 0.25) is 5.91 Å². The summed E-state index contributed by atoms with van der Waals surface area (Å²) in [5, 5.41) is 13.6. The van der Waals surface area contributed by atoms with Crippen molar-refractivity contribution in [2.45, 2.75) is 12.8 Å². The van der Waals surface area contributed by atoms with E-state index in [9.17, 15) is 14.4 Å². The lowest BCUT2D eigenvalue weighted by Crippen LogP contribution is -2.38. The number of ether oxygens (including phenoxy) is 1. The standard InChI is InChI=1S/C20H22ClN5O4/c1-30-18(27)12-22-19(28)13-2-4-15(5-3-13)23-20(29)14-8-10-26(11-9-14)17-7-6-16(21)24-25-17/h2-7,14H,8-12H2,1H3,(H,22,28)(H,23,29). The first-order valence-corrected chi connectivity index (χ1v) is 9.84. The molecule has 0 atom stereocenters. The molecule has 0 unspecified atom stereocenters. The van der Waals surface area contributed by atoms with Crippen molar-refractivity contribution in [2.24, 2.45) is 5.92 Å². The van der Waals surface area contributed by atoms with Crippen LogP contribution in [0, 0.1) is 5.92 Å². The molecule has 158 valence electrons. The molecule has 2 heterocycles. The van der Waals surface area contributed by atoms with Gasteiger partial charge in [0.25, 0.3) is 5.91 Å². The molecule has 1 saturated heterocycles. The van der Waals surface area contributed by atoms with Crippen LogP contribution in [0.1, 0.15) is 23.2 Å². The third-order valence-electron chi connectivity index (χ3n) is 4.84. The summed E-state index contributed by atoms with van der Waals surface area (Å²) in [5.74, 6) is -0.332. The minimum atomic E-state index is -0.526. The lowest BCUT2D eigenvalue weighted by Gasteiger charge is -2.31. The first-order valence-electron chi connectivity index (χ1n) is 9.46. The van der Waals surface area contributed by atoms with Crippen LogP contribution in [0.15, 0.2) is 36.4 Å². The van der Waals surface area contributed by atoms with Gasteiger partial charge in [-0.1, -0.05) is 11.6 Å². The number of halogens is 1. The van der Waals surface area contributed by atoms with E-state index in [2.05, 4.69) is 30.5 Å². The molecule has 10 heteroatoms. The Bertz CT molecular complexity index is 896. The van der Waals surface area contributed by atoms with Gasteiger partial charge in [0.05, 0.1) is 7.11 Å². The smallest absolute Gasteiger partial charge is 0.325 e. The zero-order valence-electron chi connectivity index (χ0n) is 16.4. The molecule has 9 nitrogen and oxygen atoms in total. The van der Waals surface area contributed by atoms with Crippen molar-refractivity contribution in [1.29, 1.82) is 0 Å². The number of carbonyl (C=O) groups excluding carboxylic acids is 3. The Morgan fingerprint density at radius 3 is 2.40 bits per heavy atom. The van der Waals surface area contributed by atoms with Crippen molar-refractivity contribution >= 4 is 40.9 Å². The van der Waals surface area contributed by atoms with Gasteiger partial charge in [0.1, 0.15) is 6.54 Å². The molecule has 2 N–H and O–H groups in total. The Kier molecular flexibility index (Phi) is 7.18. The molecule has 2 amide bonds. The fourth-order valence-electron chi connectivity index (χ4n) is 3.12.